The maximum absolute atomic E-state index is 12.3. The largest absolute Gasteiger partial charge is 0.454 e. The quantitative estimate of drug-likeness (QED) is 0.766. The molecular weight excluding hydrogens is 360 g/mol. The van der Waals surface area contributed by atoms with E-state index in [2.05, 4.69) is 5.32 Å². The van der Waals surface area contributed by atoms with Gasteiger partial charge in [-0.2, -0.15) is 0 Å². The second-order valence-electron chi connectivity index (χ2n) is 5.49. The Bertz CT molecular complexity index is 911. The number of nitrogens with zero attached hydrogens (tertiary/aromatic N) is 1. The molecule has 0 atom stereocenters. The summed E-state index contributed by atoms with van der Waals surface area (Å²) in [4.78, 5) is 17.0. The Morgan fingerprint density at radius 2 is 1.85 bits per heavy atom. The number of sulfonamides is 1. The fraction of sp³-hybridized carbons (Fsp3) is 0.235. The minimum absolute atomic E-state index is 0.0363. The van der Waals surface area contributed by atoms with Gasteiger partial charge in [-0.3, -0.25) is 9.63 Å². The molecule has 0 aliphatic carbocycles. The molecule has 138 valence electrons. The van der Waals surface area contributed by atoms with Crippen molar-refractivity contribution >= 4 is 15.9 Å². The first-order valence-electron chi connectivity index (χ1n) is 7.71. The van der Waals surface area contributed by atoms with E-state index in [1.165, 1.54) is 38.4 Å². The minimum Gasteiger partial charge on any atom is -0.454 e. The predicted octanol–water partition coefficient (Wildman–Crippen LogP) is 1.53. The second-order valence-corrected chi connectivity index (χ2v) is 7.43. The van der Waals surface area contributed by atoms with Crippen LogP contribution in [0.2, 0.25) is 0 Å². The Balaban J connectivity index is 1.65. The lowest BCUT2D eigenvalue weighted by Gasteiger charge is -2.14. The summed E-state index contributed by atoms with van der Waals surface area (Å²) in [6.07, 6.45) is 0. The molecule has 0 unspecified atom stereocenters. The number of nitrogens with one attached hydrogen (secondary N) is 1. The number of ether oxygens (including phenoxy) is 2. The molecule has 2 aromatic rings. The molecule has 0 radical (unpaired) electrons. The van der Waals surface area contributed by atoms with Crippen LogP contribution in [0.15, 0.2) is 47.4 Å². The number of benzene rings is 2. The number of carbonyl (C=O) groups excluding carboxylic acids is 1. The van der Waals surface area contributed by atoms with E-state index < -0.39 is 10.0 Å². The van der Waals surface area contributed by atoms with E-state index in [-0.39, 0.29) is 17.6 Å². The van der Waals surface area contributed by atoms with Crippen molar-refractivity contribution in [1.29, 1.82) is 0 Å². The molecule has 1 amide bonds. The lowest BCUT2D eigenvalue weighted by atomic mass is 10.2. The highest BCUT2D eigenvalue weighted by Crippen LogP contribution is 2.32. The van der Waals surface area contributed by atoms with Crippen LogP contribution in [0.4, 0.5) is 0 Å². The van der Waals surface area contributed by atoms with Gasteiger partial charge >= 0.3 is 0 Å². The first-order valence-corrected chi connectivity index (χ1v) is 9.15. The van der Waals surface area contributed by atoms with Gasteiger partial charge in [-0.15, -0.1) is 0 Å². The van der Waals surface area contributed by atoms with Gasteiger partial charge in [-0.1, -0.05) is 10.5 Å². The van der Waals surface area contributed by atoms with E-state index >= 15 is 0 Å². The zero-order valence-corrected chi connectivity index (χ0v) is 15.1. The number of carbonyl (C=O) groups is 1. The highest BCUT2D eigenvalue weighted by Gasteiger charge is 2.21. The fourth-order valence-electron chi connectivity index (χ4n) is 2.36. The summed E-state index contributed by atoms with van der Waals surface area (Å²) in [7, 11) is -1.19. The SMILES string of the molecule is CON(C)S(=O)(=O)c1ccc(C(=O)NCc2ccc3c(c2)OCO3)cc1. The first-order chi connectivity index (χ1) is 12.4. The molecule has 2 aromatic carbocycles. The lowest BCUT2D eigenvalue weighted by Crippen LogP contribution is -2.26. The smallest absolute Gasteiger partial charge is 0.264 e. The van der Waals surface area contributed by atoms with Crippen molar-refractivity contribution in [2.24, 2.45) is 0 Å². The van der Waals surface area contributed by atoms with Crippen molar-refractivity contribution in [1.82, 2.24) is 9.79 Å². The molecule has 8 nitrogen and oxygen atoms in total. The Hall–Kier alpha value is -2.62. The maximum atomic E-state index is 12.3. The standard InChI is InChI=1S/C17H18N2O6S/c1-19(23-2)26(21,22)14-6-4-13(5-7-14)17(20)18-10-12-3-8-15-16(9-12)25-11-24-15/h3-9H,10-11H2,1-2H3,(H,18,20). The maximum Gasteiger partial charge on any atom is 0.264 e. The van der Waals surface area contributed by atoms with Gasteiger partial charge in [0.1, 0.15) is 0 Å². The summed E-state index contributed by atoms with van der Waals surface area (Å²) in [5.74, 6) is 1.01. The van der Waals surface area contributed by atoms with Crippen molar-refractivity contribution in [3.63, 3.8) is 0 Å². The Morgan fingerprint density at radius 1 is 1.15 bits per heavy atom. The topological polar surface area (TPSA) is 94.2 Å². The van der Waals surface area contributed by atoms with E-state index in [9.17, 15) is 13.2 Å². The third-order valence-corrected chi connectivity index (χ3v) is 5.59. The number of hydroxylamine groups is 1. The number of hydrogen-bond acceptors (Lipinski definition) is 6. The molecule has 0 fully saturated rings. The molecule has 0 saturated heterocycles. The summed E-state index contributed by atoms with van der Waals surface area (Å²) in [6.45, 7) is 0.501. The highest BCUT2D eigenvalue weighted by molar-refractivity contribution is 7.89. The highest BCUT2D eigenvalue weighted by atomic mass is 32.2. The zero-order chi connectivity index (χ0) is 18.7. The van der Waals surface area contributed by atoms with Gasteiger partial charge in [0.15, 0.2) is 11.5 Å². The lowest BCUT2D eigenvalue weighted by molar-refractivity contribution is -0.0258. The van der Waals surface area contributed by atoms with E-state index in [4.69, 9.17) is 14.3 Å². The van der Waals surface area contributed by atoms with Gasteiger partial charge in [-0.05, 0) is 42.0 Å². The van der Waals surface area contributed by atoms with Crippen LogP contribution < -0.4 is 14.8 Å². The monoisotopic (exact) mass is 378 g/mol. The molecule has 1 N–H and O–H groups in total. The zero-order valence-electron chi connectivity index (χ0n) is 14.3. The van der Waals surface area contributed by atoms with Crippen LogP contribution >= 0.6 is 0 Å². The van der Waals surface area contributed by atoms with Gasteiger partial charge in [-0.25, -0.2) is 8.42 Å². The molecule has 0 aromatic heterocycles. The van der Waals surface area contributed by atoms with Crippen LogP contribution in [0.25, 0.3) is 0 Å². The van der Waals surface area contributed by atoms with Gasteiger partial charge in [0, 0.05) is 19.2 Å². The molecule has 26 heavy (non-hydrogen) atoms. The molecular formula is C17H18N2O6S. The molecule has 0 spiro atoms. The van der Waals surface area contributed by atoms with E-state index in [1.807, 2.05) is 6.07 Å². The third-order valence-electron chi connectivity index (χ3n) is 3.90. The van der Waals surface area contributed by atoms with Crippen LogP contribution in [0.3, 0.4) is 0 Å². The fourth-order valence-corrected chi connectivity index (χ4v) is 3.33. The number of hydrogen-bond donors (Lipinski definition) is 1. The van der Waals surface area contributed by atoms with Crippen molar-refractivity contribution in [2.45, 2.75) is 11.4 Å². The Labute approximate surface area is 151 Å². The molecule has 0 saturated carbocycles. The predicted molar refractivity (Wildman–Crippen MR) is 92.1 cm³/mol. The van der Waals surface area contributed by atoms with Crippen LogP contribution in [0.1, 0.15) is 15.9 Å². The minimum atomic E-state index is -3.74. The van der Waals surface area contributed by atoms with Gasteiger partial charge in [0.2, 0.25) is 6.79 Å². The van der Waals surface area contributed by atoms with E-state index in [0.29, 0.717) is 23.6 Å². The summed E-state index contributed by atoms with van der Waals surface area (Å²) < 4.78 is 35.5. The third kappa shape index (κ3) is 3.64. The van der Waals surface area contributed by atoms with Crippen molar-refractivity contribution in [3.8, 4) is 11.5 Å². The van der Waals surface area contributed by atoms with Crippen molar-refractivity contribution in [3.05, 3.63) is 53.6 Å². The number of amides is 1. The molecule has 9 heteroatoms. The Kier molecular flexibility index (Phi) is 5.12. The van der Waals surface area contributed by atoms with E-state index in [1.54, 1.807) is 12.1 Å². The first kappa shape index (κ1) is 18.2. The van der Waals surface area contributed by atoms with Gasteiger partial charge in [0.05, 0.1) is 12.0 Å². The van der Waals surface area contributed by atoms with Gasteiger partial charge in [0.25, 0.3) is 15.9 Å². The number of fused-ring (bicyclic) bond motifs is 1. The summed E-state index contributed by atoms with van der Waals surface area (Å²) in [5, 5.41) is 2.78. The average molecular weight is 378 g/mol. The van der Waals surface area contributed by atoms with Crippen molar-refractivity contribution < 1.29 is 27.5 Å². The summed E-state index contributed by atoms with van der Waals surface area (Å²) in [6, 6.07) is 11.1. The Morgan fingerprint density at radius 3 is 2.54 bits per heavy atom. The second kappa shape index (κ2) is 7.32. The molecule has 1 aliphatic rings. The summed E-state index contributed by atoms with van der Waals surface area (Å²) >= 11 is 0. The van der Waals surface area contributed by atoms with Crippen molar-refractivity contribution in [2.75, 3.05) is 21.0 Å². The number of rotatable bonds is 6. The molecule has 1 aliphatic heterocycles. The van der Waals surface area contributed by atoms with Crippen LogP contribution in [0.5, 0.6) is 11.5 Å². The molecule has 3 rings (SSSR count). The van der Waals surface area contributed by atoms with Crippen LogP contribution in [0, 0.1) is 0 Å². The van der Waals surface area contributed by atoms with Gasteiger partial charge < -0.3 is 14.8 Å². The van der Waals surface area contributed by atoms with E-state index in [0.717, 1.165) is 10.0 Å². The van der Waals surface area contributed by atoms with Crippen LogP contribution in [-0.2, 0) is 21.4 Å². The normalized spacial score (nSPS) is 13.0. The molecule has 1 heterocycles. The summed E-state index contributed by atoms with van der Waals surface area (Å²) in [5.41, 5.74) is 1.22. The van der Waals surface area contributed by atoms with Crippen LogP contribution in [-0.4, -0.2) is 39.7 Å². The molecule has 0 bridgehead atoms. The average Bonchev–Trinajstić information content (AvgIpc) is 3.13.